The average Bonchev–Trinajstić information content (AvgIpc) is 1.79. The molecule has 9 heavy (non-hydrogen) atoms. The van der Waals surface area contributed by atoms with E-state index in [1.807, 2.05) is 0 Å². The Morgan fingerprint density at radius 2 is 2.22 bits per heavy atom. The molecule has 0 aromatic rings. The van der Waals surface area contributed by atoms with E-state index in [9.17, 15) is 4.39 Å². The van der Waals surface area contributed by atoms with Crippen LogP contribution in [0.5, 0.6) is 0 Å². The molecule has 2 heteroatoms. The highest BCUT2D eigenvalue weighted by Gasteiger charge is 2.31. The SMILES string of the molecule is CC(CN)C1CC(F)C1. The van der Waals surface area contributed by atoms with E-state index in [-0.39, 0.29) is 0 Å². The monoisotopic (exact) mass is 131 g/mol. The molecule has 1 aliphatic carbocycles. The molecule has 54 valence electrons. The van der Waals surface area contributed by atoms with E-state index >= 15 is 0 Å². The van der Waals surface area contributed by atoms with Crippen molar-refractivity contribution in [2.45, 2.75) is 25.9 Å². The molecule has 1 unspecified atom stereocenters. The fraction of sp³-hybridized carbons (Fsp3) is 1.00. The lowest BCUT2D eigenvalue weighted by atomic mass is 9.75. The Morgan fingerprint density at radius 3 is 2.56 bits per heavy atom. The second kappa shape index (κ2) is 2.65. The molecule has 1 atom stereocenters. The smallest absolute Gasteiger partial charge is 0.101 e. The fourth-order valence-corrected chi connectivity index (χ4v) is 1.25. The van der Waals surface area contributed by atoms with Crippen LogP contribution in [0.4, 0.5) is 4.39 Å². The Bertz CT molecular complexity index is 88.9. The first-order chi connectivity index (χ1) is 4.24. The molecule has 0 amide bonds. The van der Waals surface area contributed by atoms with Crippen LogP contribution in [0.15, 0.2) is 0 Å². The van der Waals surface area contributed by atoms with E-state index < -0.39 is 6.17 Å². The van der Waals surface area contributed by atoms with Gasteiger partial charge in [0.2, 0.25) is 0 Å². The number of hydrogen-bond donors (Lipinski definition) is 1. The predicted octanol–water partition coefficient (Wildman–Crippen LogP) is 1.33. The lowest BCUT2D eigenvalue weighted by Crippen LogP contribution is -2.33. The number of alkyl halides is 1. The molecule has 0 aromatic heterocycles. The minimum Gasteiger partial charge on any atom is -0.330 e. The maximum absolute atomic E-state index is 12.2. The van der Waals surface area contributed by atoms with Crippen LogP contribution in [0.25, 0.3) is 0 Å². The first-order valence-electron chi connectivity index (χ1n) is 3.58. The summed E-state index contributed by atoms with van der Waals surface area (Å²) in [5.74, 6) is 1.10. The van der Waals surface area contributed by atoms with Crippen molar-refractivity contribution in [3.8, 4) is 0 Å². The van der Waals surface area contributed by atoms with Crippen molar-refractivity contribution in [3.63, 3.8) is 0 Å². The van der Waals surface area contributed by atoms with Gasteiger partial charge >= 0.3 is 0 Å². The highest BCUT2D eigenvalue weighted by molar-refractivity contribution is 4.82. The third kappa shape index (κ3) is 1.42. The second-order valence-corrected chi connectivity index (χ2v) is 3.04. The molecule has 1 rings (SSSR count). The molecule has 1 fully saturated rings. The van der Waals surface area contributed by atoms with Crippen molar-refractivity contribution < 1.29 is 4.39 Å². The molecule has 0 heterocycles. The fourth-order valence-electron chi connectivity index (χ4n) is 1.25. The summed E-state index contributed by atoms with van der Waals surface area (Å²) >= 11 is 0. The van der Waals surface area contributed by atoms with Crippen molar-refractivity contribution in [1.82, 2.24) is 0 Å². The van der Waals surface area contributed by atoms with Gasteiger partial charge in [0.15, 0.2) is 0 Å². The second-order valence-electron chi connectivity index (χ2n) is 3.04. The van der Waals surface area contributed by atoms with Crippen LogP contribution in [0.1, 0.15) is 19.8 Å². The normalized spacial score (nSPS) is 37.7. The van der Waals surface area contributed by atoms with Crippen LogP contribution in [0.3, 0.4) is 0 Å². The zero-order valence-electron chi connectivity index (χ0n) is 5.81. The Morgan fingerprint density at radius 1 is 1.67 bits per heavy atom. The predicted molar refractivity (Wildman–Crippen MR) is 35.8 cm³/mol. The molecular formula is C7H14FN. The van der Waals surface area contributed by atoms with E-state index in [1.54, 1.807) is 0 Å². The van der Waals surface area contributed by atoms with E-state index in [2.05, 4.69) is 6.92 Å². The summed E-state index contributed by atoms with van der Waals surface area (Å²) in [6.45, 7) is 2.80. The molecule has 2 N–H and O–H groups in total. The quantitative estimate of drug-likeness (QED) is 0.601. The van der Waals surface area contributed by atoms with Gasteiger partial charge in [-0.1, -0.05) is 6.92 Å². The molecular weight excluding hydrogens is 117 g/mol. The van der Waals surface area contributed by atoms with Crippen LogP contribution in [0, 0.1) is 11.8 Å². The number of rotatable bonds is 2. The maximum Gasteiger partial charge on any atom is 0.101 e. The minimum atomic E-state index is -0.524. The first kappa shape index (κ1) is 7.00. The summed E-state index contributed by atoms with van der Waals surface area (Å²) < 4.78 is 12.2. The molecule has 0 spiro atoms. The van der Waals surface area contributed by atoms with Gasteiger partial charge in [0.1, 0.15) is 6.17 Å². The van der Waals surface area contributed by atoms with Gasteiger partial charge in [0, 0.05) is 0 Å². The van der Waals surface area contributed by atoms with Gasteiger partial charge < -0.3 is 5.73 Å². The Hall–Kier alpha value is -0.110. The van der Waals surface area contributed by atoms with Gasteiger partial charge in [-0.05, 0) is 31.2 Å². The van der Waals surface area contributed by atoms with Crippen molar-refractivity contribution in [3.05, 3.63) is 0 Å². The number of hydrogen-bond acceptors (Lipinski definition) is 1. The minimum absolute atomic E-state index is 0.524. The molecule has 1 aliphatic rings. The third-order valence-electron chi connectivity index (χ3n) is 2.29. The first-order valence-corrected chi connectivity index (χ1v) is 3.58. The van der Waals surface area contributed by atoms with Gasteiger partial charge in [-0.25, -0.2) is 4.39 Å². The Labute approximate surface area is 55.4 Å². The highest BCUT2D eigenvalue weighted by Crippen LogP contribution is 2.35. The number of halogens is 1. The lowest BCUT2D eigenvalue weighted by Gasteiger charge is -2.33. The third-order valence-corrected chi connectivity index (χ3v) is 2.29. The standard InChI is InChI=1S/C7H14FN/c1-5(4-9)6-2-7(8)3-6/h5-7H,2-4,9H2,1H3. The van der Waals surface area contributed by atoms with E-state index in [0.29, 0.717) is 18.4 Å². The van der Waals surface area contributed by atoms with Crippen LogP contribution in [0.2, 0.25) is 0 Å². The molecule has 0 aromatic carbocycles. The summed E-state index contributed by atoms with van der Waals surface area (Å²) in [7, 11) is 0. The zero-order chi connectivity index (χ0) is 6.85. The van der Waals surface area contributed by atoms with Crippen molar-refractivity contribution in [2.24, 2.45) is 17.6 Å². The van der Waals surface area contributed by atoms with Gasteiger partial charge in [-0.15, -0.1) is 0 Å². The number of nitrogens with two attached hydrogens (primary N) is 1. The van der Waals surface area contributed by atoms with Gasteiger partial charge in [0.05, 0.1) is 0 Å². The molecule has 0 radical (unpaired) electrons. The average molecular weight is 131 g/mol. The molecule has 0 saturated heterocycles. The van der Waals surface area contributed by atoms with Gasteiger partial charge in [0.25, 0.3) is 0 Å². The van der Waals surface area contributed by atoms with Crippen molar-refractivity contribution >= 4 is 0 Å². The van der Waals surface area contributed by atoms with Crippen molar-refractivity contribution in [1.29, 1.82) is 0 Å². The Kier molecular flexibility index (Phi) is 2.06. The van der Waals surface area contributed by atoms with E-state index in [4.69, 9.17) is 5.73 Å². The lowest BCUT2D eigenvalue weighted by molar-refractivity contribution is 0.0929. The summed E-state index contributed by atoms with van der Waals surface area (Å²) in [5.41, 5.74) is 5.41. The summed E-state index contributed by atoms with van der Waals surface area (Å²) in [5, 5.41) is 0. The zero-order valence-corrected chi connectivity index (χ0v) is 5.81. The van der Waals surface area contributed by atoms with Crippen LogP contribution < -0.4 is 5.73 Å². The van der Waals surface area contributed by atoms with Crippen LogP contribution in [-0.4, -0.2) is 12.7 Å². The van der Waals surface area contributed by atoms with Gasteiger partial charge in [-0.2, -0.15) is 0 Å². The maximum atomic E-state index is 12.2. The van der Waals surface area contributed by atoms with Gasteiger partial charge in [-0.3, -0.25) is 0 Å². The summed E-state index contributed by atoms with van der Waals surface area (Å²) in [6, 6.07) is 0. The van der Waals surface area contributed by atoms with Crippen LogP contribution in [-0.2, 0) is 0 Å². The van der Waals surface area contributed by atoms with E-state index in [0.717, 1.165) is 12.8 Å². The van der Waals surface area contributed by atoms with E-state index in [1.165, 1.54) is 0 Å². The summed E-state index contributed by atoms with van der Waals surface area (Å²) in [4.78, 5) is 0. The molecule has 1 nitrogen and oxygen atoms in total. The largest absolute Gasteiger partial charge is 0.330 e. The molecule has 0 bridgehead atoms. The Balaban J connectivity index is 2.15. The molecule has 0 aliphatic heterocycles. The van der Waals surface area contributed by atoms with Crippen molar-refractivity contribution in [2.75, 3.05) is 6.54 Å². The molecule has 1 saturated carbocycles. The van der Waals surface area contributed by atoms with Crippen LogP contribution >= 0.6 is 0 Å². The topological polar surface area (TPSA) is 26.0 Å². The summed E-state index contributed by atoms with van der Waals surface area (Å²) in [6.07, 6.45) is 0.973. The highest BCUT2D eigenvalue weighted by atomic mass is 19.1.